The number of rotatable bonds is 3. The molecule has 98 valence electrons. The lowest BCUT2D eigenvalue weighted by molar-refractivity contribution is -0.118. The molecule has 0 aromatic carbocycles. The van der Waals surface area contributed by atoms with E-state index in [0.717, 1.165) is 0 Å². The largest absolute Gasteiger partial charge is 0.320 e. The average molecular weight is 270 g/mol. The molecule has 0 radical (unpaired) electrons. The first-order valence-electron chi connectivity index (χ1n) is 5.45. The number of nitrogens with two attached hydrogens (primary N) is 1. The van der Waals surface area contributed by atoms with Crippen molar-refractivity contribution in [3.05, 3.63) is 24.5 Å². The fourth-order valence-corrected chi connectivity index (χ4v) is 1.44. The van der Waals surface area contributed by atoms with Crippen LogP contribution in [-0.4, -0.2) is 26.5 Å². The summed E-state index contributed by atoms with van der Waals surface area (Å²) in [6, 6.07) is 2.91. The van der Waals surface area contributed by atoms with Gasteiger partial charge in [-0.1, -0.05) is 13.8 Å². The molecule has 2 aromatic heterocycles. The number of fused-ring (bicyclic) bond motifs is 1. The Morgan fingerprint density at radius 1 is 1.39 bits per heavy atom. The summed E-state index contributed by atoms with van der Waals surface area (Å²) in [7, 11) is 0. The van der Waals surface area contributed by atoms with Gasteiger partial charge in [0.05, 0.1) is 12.2 Å². The van der Waals surface area contributed by atoms with Gasteiger partial charge in [0.1, 0.15) is 5.82 Å². The zero-order valence-corrected chi connectivity index (χ0v) is 11.0. The van der Waals surface area contributed by atoms with Gasteiger partial charge in [0.25, 0.3) is 0 Å². The molecule has 2 heterocycles. The molecule has 6 nitrogen and oxygen atoms in total. The van der Waals surface area contributed by atoms with Crippen molar-refractivity contribution in [3.8, 4) is 0 Å². The molecule has 7 heteroatoms. The Labute approximate surface area is 111 Å². The maximum absolute atomic E-state index is 11.8. The predicted molar refractivity (Wildman–Crippen MR) is 71.7 cm³/mol. The highest BCUT2D eigenvalue weighted by molar-refractivity contribution is 5.94. The van der Waals surface area contributed by atoms with Crippen molar-refractivity contribution < 1.29 is 4.79 Å². The van der Waals surface area contributed by atoms with E-state index < -0.39 is 6.04 Å². The van der Waals surface area contributed by atoms with Crippen molar-refractivity contribution >= 4 is 29.8 Å². The van der Waals surface area contributed by atoms with Crippen molar-refractivity contribution in [2.75, 3.05) is 5.32 Å². The van der Waals surface area contributed by atoms with Crippen LogP contribution in [0.1, 0.15) is 13.8 Å². The number of aromatic nitrogens is 3. The normalized spacial score (nSPS) is 12.2. The SMILES string of the molecule is CC(C)[C@H](N)C(=O)Nc1ccnc2ccnn12.Cl. The number of amides is 1. The number of nitrogens with zero attached hydrogens (tertiary/aromatic N) is 3. The summed E-state index contributed by atoms with van der Waals surface area (Å²) >= 11 is 0. The van der Waals surface area contributed by atoms with Gasteiger partial charge in [0.2, 0.25) is 5.91 Å². The predicted octanol–water partition coefficient (Wildman–Crippen LogP) is 1.07. The molecule has 3 N–H and O–H groups in total. The van der Waals surface area contributed by atoms with E-state index in [1.54, 1.807) is 29.0 Å². The molecular formula is C11H16ClN5O. The van der Waals surface area contributed by atoms with Gasteiger partial charge in [-0.25, -0.2) is 4.98 Å². The molecule has 2 aromatic rings. The monoisotopic (exact) mass is 269 g/mol. The molecule has 1 atom stereocenters. The Kier molecular flexibility index (Phi) is 4.63. The van der Waals surface area contributed by atoms with Crippen LogP contribution in [0.3, 0.4) is 0 Å². The third kappa shape index (κ3) is 2.77. The van der Waals surface area contributed by atoms with E-state index in [9.17, 15) is 4.79 Å². The summed E-state index contributed by atoms with van der Waals surface area (Å²) in [6.45, 7) is 3.81. The number of halogens is 1. The van der Waals surface area contributed by atoms with E-state index in [2.05, 4.69) is 15.4 Å². The van der Waals surface area contributed by atoms with Crippen molar-refractivity contribution in [1.29, 1.82) is 0 Å². The molecule has 18 heavy (non-hydrogen) atoms. The van der Waals surface area contributed by atoms with Crippen LogP contribution in [0, 0.1) is 5.92 Å². The van der Waals surface area contributed by atoms with Gasteiger partial charge in [0.15, 0.2) is 5.65 Å². The molecule has 2 rings (SSSR count). The summed E-state index contributed by atoms with van der Waals surface area (Å²) in [5.41, 5.74) is 6.45. The lowest BCUT2D eigenvalue weighted by Crippen LogP contribution is -2.40. The lowest BCUT2D eigenvalue weighted by Gasteiger charge is -2.15. The summed E-state index contributed by atoms with van der Waals surface area (Å²) < 4.78 is 1.56. The number of anilines is 1. The van der Waals surface area contributed by atoms with E-state index in [1.165, 1.54) is 0 Å². The minimum absolute atomic E-state index is 0. The number of hydrogen-bond acceptors (Lipinski definition) is 4. The quantitative estimate of drug-likeness (QED) is 0.873. The summed E-state index contributed by atoms with van der Waals surface area (Å²) in [5, 5.41) is 6.82. The highest BCUT2D eigenvalue weighted by Gasteiger charge is 2.18. The molecule has 0 fully saturated rings. The maximum atomic E-state index is 11.8. The van der Waals surface area contributed by atoms with Gasteiger partial charge in [-0.15, -0.1) is 12.4 Å². The third-order valence-electron chi connectivity index (χ3n) is 2.56. The Morgan fingerprint density at radius 2 is 2.11 bits per heavy atom. The van der Waals surface area contributed by atoms with Gasteiger partial charge in [-0.05, 0) is 12.0 Å². The molecule has 0 unspecified atom stereocenters. The number of carbonyl (C=O) groups is 1. The Hall–Kier alpha value is -1.66. The number of nitrogens with one attached hydrogen (secondary N) is 1. The van der Waals surface area contributed by atoms with Crippen LogP contribution in [-0.2, 0) is 4.79 Å². The lowest BCUT2D eigenvalue weighted by atomic mass is 10.1. The van der Waals surface area contributed by atoms with Crippen LogP contribution in [0.5, 0.6) is 0 Å². The van der Waals surface area contributed by atoms with E-state index >= 15 is 0 Å². The fourth-order valence-electron chi connectivity index (χ4n) is 1.44. The standard InChI is InChI=1S/C11H15N5O.ClH/c1-7(2)10(12)11(17)15-9-3-5-13-8-4-6-14-16(8)9;/h3-7,10H,12H2,1-2H3,(H,15,17);1H/t10-;/m0./s1. The van der Waals surface area contributed by atoms with Gasteiger partial charge in [-0.3, -0.25) is 4.79 Å². The molecule has 0 bridgehead atoms. The van der Waals surface area contributed by atoms with Gasteiger partial charge >= 0.3 is 0 Å². The first-order chi connectivity index (χ1) is 8.09. The summed E-state index contributed by atoms with van der Waals surface area (Å²) in [6.07, 6.45) is 3.24. The van der Waals surface area contributed by atoms with Crippen LogP contribution in [0.4, 0.5) is 5.82 Å². The second kappa shape index (κ2) is 5.79. The highest BCUT2D eigenvalue weighted by Crippen LogP contribution is 2.09. The van der Waals surface area contributed by atoms with Crippen LogP contribution < -0.4 is 11.1 Å². The van der Waals surface area contributed by atoms with Crippen LogP contribution >= 0.6 is 12.4 Å². The molecule has 0 aliphatic rings. The zero-order chi connectivity index (χ0) is 12.4. The Balaban J connectivity index is 0.00000162. The molecule has 0 saturated heterocycles. The smallest absolute Gasteiger partial charge is 0.242 e. The van der Waals surface area contributed by atoms with E-state index in [-0.39, 0.29) is 24.2 Å². The third-order valence-corrected chi connectivity index (χ3v) is 2.56. The van der Waals surface area contributed by atoms with Crippen molar-refractivity contribution in [2.24, 2.45) is 11.7 Å². The molecule has 0 spiro atoms. The Bertz CT molecular complexity index is 539. The fraction of sp³-hybridized carbons (Fsp3) is 0.364. The Morgan fingerprint density at radius 3 is 2.78 bits per heavy atom. The van der Waals surface area contributed by atoms with E-state index in [4.69, 9.17) is 5.73 Å². The molecule has 1 amide bonds. The van der Waals surface area contributed by atoms with Gasteiger partial charge in [0, 0.05) is 12.3 Å². The summed E-state index contributed by atoms with van der Waals surface area (Å²) in [5.74, 6) is 0.439. The molecule has 0 aliphatic heterocycles. The van der Waals surface area contributed by atoms with E-state index in [1.807, 2.05) is 13.8 Å². The number of carbonyl (C=O) groups excluding carboxylic acids is 1. The summed E-state index contributed by atoms with van der Waals surface area (Å²) in [4.78, 5) is 15.9. The first kappa shape index (κ1) is 14.4. The van der Waals surface area contributed by atoms with E-state index in [0.29, 0.717) is 11.5 Å². The molecule has 0 aliphatic carbocycles. The molecular weight excluding hydrogens is 254 g/mol. The van der Waals surface area contributed by atoms with Gasteiger partial charge in [-0.2, -0.15) is 9.61 Å². The zero-order valence-electron chi connectivity index (χ0n) is 10.2. The minimum atomic E-state index is -0.534. The topological polar surface area (TPSA) is 85.3 Å². The molecule has 0 saturated carbocycles. The van der Waals surface area contributed by atoms with Crippen LogP contribution in [0.15, 0.2) is 24.5 Å². The highest BCUT2D eigenvalue weighted by atomic mass is 35.5. The maximum Gasteiger partial charge on any atom is 0.242 e. The average Bonchev–Trinajstić information content (AvgIpc) is 2.76. The van der Waals surface area contributed by atoms with Crippen molar-refractivity contribution in [3.63, 3.8) is 0 Å². The van der Waals surface area contributed by atoms with Crippen LogP contribution in [0.25, 0.3) is 5.65 Å². The minimum Gasteiger partial charge on any atom is -0.320 e. The van der Waals surface area contributed by atoms with Crippen LogP contribution in [0.2, 0.25) is 0 Å². The van der Waals surface area contributed by atoms with Crippen molar-refractivity contribution in [2.45, 2.75) is 19.9 Å². The second-order valence-corrected chi connectivity index (χ2v) is 4.19. The second-order valence-electron chi connectivity index (χ2n) is 4.19. The van der Waals surface area contributed by atoms with Gasteiger partial charge < -0.3 is 11.1 Å². The first-order valence-corrected chi connectivity index (χ1v) is 5.45. The number of hydrogen-bond donors (Lipinski definition) is 2. The van der Waals surface area contributed by atoms with Crippen molar-refractivity contribution in [1.82, 2.24) is 14.6 Å².